The molecule has 0 bridgehead atoms. The number of halogens is 1. The SMILES string of the molecule is Cc1c(Cl)cccc1N1CCN(C)CC1CCN. The van der Waals surface area contributed by atoms with Gasteiger partial charge in [-0.15, -0.1) is 0 Å². The monoisotopic (exact) mass is 267 g/mol. The average molecular weight is 268 g/mol. The molecule has 1 aliphatic heterocycles. The quantitative estimate of drug-likeness (QED) is 0.911. The van der Waals surface area contributed by atoms with E-state index in [1.165, 1.54) is 11.3 Å². The van der Waals surface area contributed by atoms with E-state index in [2.05, 4.69) is 29.8 Å². The van der Waals surface area contributed by atoms with Crippen LogP contribution in [0.5, 0.6) is 0 Å². The van der Waals surface area contributed by atoms with Gasteiger partial charge in [0.15, 0.2) is 0 Å². The highest BCUT2D eigenvalue weighted by Crippen LogP contribution is 2.29. The van der Waals surface area contributed by atoms with Gasteiger partial charge in [0.05, 0.1) is 0 Å². The van der Waals surface area contributed by atoms with E-state index in [9.17, 15) is 0 Å². The Balaban J connectivity index is 2.26. The number of hydrogen-bond acceptors (Lipinski definition) is 3. The summed E-state index contributed by atoms with van der Waals surface area (Å²) in [6, 6.07) is 6.64. The Kier molecular flexibility index (Phi) is 4.49. The van der Waals surface area contributed by atoms with Crippen LogP contribution in [0.1, 0.15) is 12.0 Å². The van der Waals surface area contributed by atoms with Gasteiger partial charge in [-0.2, -0.15) is 0 Å². The molecule has 1 aromatic rings. The van der Waals surface area contributed by atoms with Crippen LogP contribution in [0.2, 0.25) is 5.02 Å². The van der Waals surface area contributed by atoms with Crippen LogP contribution in [0, 0.1) is 6.92 Å². The van der Waals surface area contributed by atoms with Crippen LogP contribution < -0.4 is 10.6 Å². The summed E-state index contributed by atoms with van der Waals surface area (Å²) in [5.74, 6) is 0. The van der Waals surface area contributed by atoms with Crippen molar-refractivity contribution in [3.8, 4) is 0 Å². The lowest BCUT2D eigenvalue weighted by atomic mass is 10.1. The smallest absolute Gasteiger partial charge is 0.0455 e. The fourth-order valence-corrected chi connectivity index (χ4v) is 2.84. The zero-order chi connectivity index (χ0) is 13.1. The first-order valence-electron chi connectivity index (χ1n) is 6.54. The van der Waals surface area contributed by atoms with Crippen molar-refractivity contribution >= 4 is 17.3 Å². The molecule has 1 unspecified atom stereocenters. The largest absolute Gasteiger partial charge is 0.366 e. The minimum atomic E-state index is 0.492. The van der Waals surface area contributed by atoms with Crippen molar-refractivity contribution in [1.82, 2.24) is 4.90 Å². The van der Waals surface area contributed by atoms with E-state index in [0.29, 0.717) is 6.04 Å². The zero-order valence-electron chi connectivity index (χ0n) is 11.2. The van der Waals surface area contributed by atoms with E-state index >= 15 is 0 Å². The molecule has 4 heteroatoms. The van der Waals surface area contributed by atoms with Gasteiger partial charge in [-0.05, 0) is 44.6 Å². The number of anilines is 1. The summed E-state index contributed by atoms with van der Waals surface area (Å²) >= 11 is 6.22. The molecule has 0 amide bonds. The lowest BCUT2D eigenvalue weighted by Crippen LogP contribution is -2.52. The summed E-state index contributed by atoms with van der Waals surface area (Å²) in [4.78, 5) is 4.84. The number of nitrogens with zero attached hydrogens (tertiary/aromatic N) is 2. The maximum Gasteiger partial charge on any atom is 0.0455 e. The van der Waals surface area contributed by atoms with E-state index < -0.39 is 0 Å². The van der Waals surface area contributed by atoms with Crippen LogP contribution >= 0.6 is 11.6 Å². The Hall–Kier alpha value is -0.770. The lowest BCUT2D eigenvalue weighted by molar-refractivity contribution is 0.261. The van der Waals surface area contributed by atoms with E-state index in [0.717, 1.165) is 37.6 Å². The van der Waals surface area contributed by atoms with Crippen molar-refractivity contribution in [2.75, 3.05) is 38.1 Å². The number of likely N-dealkylation sites (N-methyl/N-ethyl adjacent to an activating group) is 1. The fourth-order valence-electron chi connectivity index (χ4n) is 2.67. The molecule has 0 saturated carbocycles. The summed E-state index contributed by atoms with van der Waals surface area (Å²) in [5.41, 5.74) is 8.17. The number of nitrogens with two attached hydrogens (primary N) is 1. The summed E-state index contributed by atoms with van der Waals surface area (Å²) in [5, 5.41) is 0.845. The standard InChI is InChI=1S/C14H22ClN3/c1-11-13(15)4-3-5-14(11)18-9-8-17(2)10-12(18)6-7-16/h3-5,12H,6-10,16H2,1-2H3. The van der Waals surface area contributed by atoms with Gasteiger partial charge in [-0.1, -0.05) is 17.7 Å². The van der Waals surface area contributed by atoms with Gasteiger partial charge in [0.25, 0.3) is 0 Å². The zero-order valence-corrected chi connectivity index (χ0v) is 12.0. The molecule has 1 fully saturated rings. The minimum absolute atomic E-state index is 0.492. The van der Waals surface area contributed by atoms with Crippen LogP contribution in [-0.2, 0) is 0 Å². The topological polar surface area (TPSA) is 32.5 Å². The van der Waals surface area contributed by atoms with Crippen LogP contribution in [0.3, 0.4) is 0 Å². The number of rotatable bonds is 3. The molecule has 1 aliphatic rings. The molecule has 1 saturated heterocycles. The van der Waals surface area contributed by atoms with Crippen molar-refractivity contribution in [3.05, 3.63) is 28.8 Å². The molecule has 2 N–H and O–H groups in total. The molecule has 0 spiro atoms. The average Bonchev–Trinajstić information content (AvgIpc) is 2.34. The Labute approximate surface area is 115 Å². The summed E-state index contributed by atoms with van der Waals surface area (Å²) in [6.45, 7) is 6.03. The Morgan fingerprint density at radius 2 is 2.17 bits per heavy atom. The maximum atomic E-state index is 6.22. The first-order valence-corrected chi connectivity index (χ1v) is 6.91. The molecule has 2 rings (SSSR count). The highest BCUT2D eigenvalue weighted by atomic mass is 35.5. The molecule has 0 radical (unpaired) electrons. The number of hydrogen-bond donors (Lipinski definition) is 1. The minimum Gasteiger partial charge on any atom is -0.366 e. The Bertz CT molecular complexity index is 408. The number of piperazine rings is 1. The van der Waals surface area contributed by atoms with Crippen molar-refractivity contribution < 1.29 is 0 Å². The summed E-state index contributed by atoms with van der Waals surface area (Å²) in [7, 11) is 2.17. The van der Waals surface area contributed by atoms with Crippen molar-refractivity contribution in [3.63, 3.8) is 0 Å². The fraction of sp³-hybridized carbons (Fsp3) is 0.571. The summed E-state index contributed by atoms with van der Waals surface area (Å²) < 4.78 is 0. The first kappa shape index (κ1) is 13.7. The van der Waals surface area contributed by atoms with Crippen LogP contribution in [0.4, 0.5) is 5.69 Å². The third-order valence-electron chi connectivity index (χ3n) is 3.73. The third kappa shape index (κ3) is 2.79. The van der Waals surface area contributed by atoms with E-state index in [1.54, 1.807) is 0 Å². The van der Waals surface area contributed by atoms with Gasteiger partial charge in [0, 0.05) is 36.4 Å². The summed E-state index contributed by atoms with van der Waals surface area (Å²) in [6.07, 6.45) is 1.02. The maximum absolute atomic E-state index is 6.22. The highest BCUT2D eigenvalue weighted by Gasteiger charge is 2.25. The normalized spacial score (nSPS) is 21.3. The Morgan fingerprint density at radius 1 is 1.39 bits per heavy atom. The van der Waals surface area contributed by atoms with Gasteiger partial charge >= 0.3 is 0 Å². The molecule has 18 heavy (non-hydrogen) atoms. The predicted molar refractivity (Wildman–Crippen MR) is 78.5 cm³/mol. The van der Waals surface area contributed by atoms with Gasteiger partial charge in [0.2, 0.25) is 0 Å². The Morgan fingerprint density at radius 3 is 2.89 bits per heavy atom. The second kappa shape index (κ2) is 5.91. The molecule has 1 atom stereocenters. The first-order chi connectivity index (χ1) is 8.63. The second-order valence-corrected chi connectivity index (χ2v) is 5.48. The molecule has 0 aliphatic carbocycles. The third-order valence-corrected chi connectivity index (χ3v) is 4.14. The predicted octanol–water partition coefficient (Wildman–Crippen LogP) is 2.12. The second-order valence-electron chi connectivity index (χ2n) is 5.07. The van der Waals surface area contributed by atoms with Crippen LogP contribution in [0.15, 0.2) is 18.2 Å². The van der Waals surface area contributed by atoms with Crippen LogP contribution in [0.25, 0.3) is 0 Å². The molecule has 1 heterocycles. The van der Waals surface area contributed by atoms with E-state index in [1.807, 2.05) is 12.1 Å². The van der Waals surface area contributed by atoms with Crippen molar-refractivity contribution in [2.24, 2.45) is 5.73 Å². The molecule has 1 aromatic carbocycles. The van der Waals surface area contributed by atoms with E-state index in [4.69, 9.17) is 17.3 Å². The highest BCUT2D eigenvalue weighted by molar-refractivity contribution is 6.31. The molecular weight excluding hydrogens is 246 g/mol. The van der Waals surface area contributed by atoms with Crippen LogP contribution in [-0.4, -0.2) is 44.2 Å². The van der Waals surface area contributed by atoms with E-state index in [-0.39, 0.29) is 0 Å². The number of benzene rings is 1. The van der Waals surface area contributed by atoms with Gasteiger partial charge < -0.3 is 15.5 Å². The van der Waals surface area contributed by atoms with Gasteiger partial charge in [0.1, 0.15) is 0 Å². The molecular formula is C14H22ClN3. The molecule has 3 nitrogen and oxygen atoms in total. The van der Waals surface area contributed by atoms with Gasteiger partial charge in [-0.25, -0.2) is 0 Å². The van der Waals surface area contributed by atoms with Crippen molar-refractivity contribution in [1.29, 1.82) is 0 Å². The molecule has 100 valence electrons. The van der Waals surface area contributed by atoms with Crippen molar-refractivity contribution in [2.45, 2.75) is 19.4 Å². The van der Waals surface area contributed by atoms with Gasteiger partial charge in [-0.3, -0.25) is 0 Å². The lowest BCUT2D eigenvalue weighted by Gasteiger charge is -2.42. The molecule has 0 aromatic heterocycles.